The zero-order valence-electron chi connectivity index (χ0n) is 11.2. The van der Waals surface area contributed by atoms with Gasteiger partial charge in [0.05, 0.1) is 10.0 Å². The summed E-state index contributed by atoms with van der Waals surface area (Å²) in [5.74, 6) is 0. The Hall–Kier alpha value is -1.02. The molecule has 0 saturated carbocycles. The predicted octanol–water partition coefficient (Wildman–Crippen LogP) is 4.38. The first-order valence-corrected chi connectivity index (χ1v) is 7.63. The first-order chi connectivity index (χ1) is 9.66. The molecule has 1 unspecified atom stereocenters. The molecular formula is C17H17Cl2N. The van der Waals surface area contributed by atoms with Gasteiger partial charge in [-0.25, -0.2) is 0 Å². The van der Waals surface area contributed by atoms with Crippen LogP contribution >= 0.6 is 23.2 Å². The van der Waals surface area contributed by atoms with E-state index in [0.717, 1.165) is 24.8 Å². The van der Waals surface area contributed by atoms with Gasteiger partial charge in [0, 0.05) is 12.0 Å². The van der Waals surface area contributed by atoms with Crippen LogP contribution in [0.2, 0.25) is 10.0 Å². The fraction of sp³-hybridized carbons (Fsp3) is 0.294. The molecule has 2 N–H and O–H groups in total. The number of aryl methyl sites for hydroxylation is 1. The molecule has 0 spiro atoms. The van der Waals surface area contributed by atoms with Gasteiger partial charge >= 0.3 is 0 Å². The van der Waals surface area contributed by atoms with Crippen molar-refractivity contribution in [1.82, 2.24) is 0 Å². The molecule has 2 aromatic rings. The lowest BCUT2D eigenvalue weighted by Crippen LogP contribution is -2.35. The number of nitrogens with two attached hydrogens (primary N) is 1. The molecule has 0 heterocycles. The third-order valence-corrected chi connectivity index (χ3v) is 5.27. The predicted molar refractivity (Wildman–Crippen MR) is 85.7 cm³/mol. The van der Waals surface area contributed by atoms with E-state index in [-0.39, 0.29) is 5.41 Å². The monoisotopic (exact) mass is 305 g/mol. The highest BCUT2D eigenvalue weighted by Crippen LogP contribution is 2.42. The first-order valence-electron chi connectivity index (χ1n) is 6.88. The van der Waals surface area contributed by atoms with Crippen LogP contribution in [0.15, 0.2) is 42.5 Å². The van der Waals surface area contributed by atoms with E-state index >= 15 is 0 Å². The minimum atomic E-state index is -0.00901. The molecule has 0 fully saturated rings. The maximum atomic E-state index is 6.34. The zero-order chi connectivity index (χ0) is 14.2. The van der Waals surface area contributed by atoms with Crippen LogP contribution in [0.25, 0.3) is 0 Å². The van der Waals surface area contributed by atoms with Crippen LogP contribution < -0.4 is 5.73 Å². The van der Waals surface area contributed by atoms with Crippen molar-refractivity contribution in [3.63, 3.8) is 0 Å². The molecule has 104 valence electrons. The number of benzene rings is 2. The summed E-state index contributed by atoms with van der Waals surface area (Å²) in [6.45, 7) is 0.632. The van der Waals surface area contributed by atoms with Gasteiger partial charge in [0.25, 0.3) is 0 Å². The quantitative estimate of drug-likeness (QED) is 0.895. The molecule has 0 saturated heterocycles. The van der Waals surface area contributed by atoms with Crippen molar-refractivity contribution in [2.75, 3.05) is 6.54 Å². The SMILES string of the molecule is NCC1(Cc2cccc(Cl)c2Cl)CCc2ccccc21. The van der Waals surface area contributed by atoms with E-state index in [0.29, 0.717) is 16.6 Å². The summed E-state index contributed by atoms with van der Waals surface area (Å²) in [7, 11) is 0. The second kappa shape index (κ2) is 5.40. The van der Waals surface area contributed by atoms with Crippen molar-refractivity contribution in [1.29, 1.82) is 0 Å². The molecule has 1 nitrogen and oxygen atoms in total. The molecule has 0 amide bonds. The van der Waals surface area contributed by atoms with Gasteiger partial charge in [-0.3, -0.25) is 0 Å². The van der Waals surface area contributed by atoms with Gasteiger partial charge in [-0.1, -0.05) is 59.6 Å². The van der Waals surface area contributed by atoms with Crippen LogP contribution in [-0.2, 0) is 18.3 Å². The lowest BCUT2D eigenvalue weighted by atomic mass is 9.76. The van der Waals surface area contributed by atoms with Gasteiger partial charge in [0.15, 0.2) is 0 Å². The maximum absolute atomic E-state index is 6.34. The van der Waals surface area contributed by atoms with E-state index in [1.54, 1.807) is 0 Å². The number of halogens is 2. The van der Waals surface area contributed by atoms with E-state index in [4.69, 9.17) is 28.9 Å². The zero-order valence-corrected chi connectivity index (χ0v) is 12.7. The largest absolute Gasteiger partial charge is 0.330 e. The summed E-state index contributed by atoms with van der Waals surface area (Å²) in [5.41, 5.74) is 10.0. The standard InChI is InChI=1S/C17H17Cl2N/c18-15-7-3-5-13(16(15)19)10-17(11-20)9-8-12-4-1-2-6-14(12)17/h1-7H,8-11,20H2. The smallest absolute Gasteiger partial charge is 0.0624 e. The molecule has 1 atom stereocenters. The lowest BCUT2D eigenvalue weighted by molar-refractivity contribution is 0.432. The van der Waals surface area contributed by atoms with Gasteiger partial charge in [0.2, 0.25) is 0 Å². The highest BCUT2D eigenvalue weighted by Gasteiger charge is 2.37. The highest BCUT2D eigenvalue weighted by molar-refractivity contribution is 6.42. The van der Waals surface area contributed by atoms with Gasteiger partial charge in [-0.2, -0.15) is 0 Å². The summed E-state index contributed by atoms with van der Waals surface area (Å²) >= 11 is 12.5. The minimum absolute atomic E-state index is 0.00901. The highest BCUT2D eigenvalue weighted by atomic mass is 35.5. The van der Waals surface area contributed by atoms with Crippen LogP contribution in [0.4, 0.5) is 0 Å². The van der Waals surface area contributed by atoms with Gasteiger partial charge in [0.1, 0.15) is 0 Å². The topological polar surface area (TPSA) is 26.0 Å². The normalized spacial score (nSPS) is 20.9. The van der Waals surface area contributed by atoms with E-state index in [1.165, 1.54) is 11.1 Å². The molecule has 0 radical (unpaired) electrons. The van der Waals surface area contributed by atoms with Gasteiger partial charge in [-0.05, 0) is 42.0 Å². The van der Waals surface area contributed by atoms with Crippen molar-refractivity contribution in [3.05, 3.63) is 69.2 Å². The van der Waals surface area contributed by atoms with Gasteiger partial charge in [-0.15, -0.1) is 0 Å². The molecule has 1 aliphatic carbocycles. The first kappa shape index (κ1) is 13.9. The summed E-state index contributed by atoms with van der Waals surface area (Å²) in [4.78, 5) is 0. The van der Waals surface area contributed by atoms with Crippen LogP contribution in [0.5, 0.6) is 0 Å². The average molecular weight is 306 g/mol. The lowest BCUT2D eigenvalue weighted by Gasteiger charge is -2.29. The van der Waals surface area contributed by atoms with Crippen molar-refractivity contribution in [3.8, 4) is 0 Å². The Bertz CT molecular complexity index is 639. The Morgan fingerprint density at radius 3 is 2.65 bits per heavy atom. The molecular weight excluding hydrogens is 289 g/mol. The summed E-state index contributed by atoms with van der Waals surface area (Å²) < 4.78 is 0. The second-order valence-electron chi connectivity index (χ2n) is 5.53. The third kappa shape index (κ3) is 2.24. The van der Waals surface area contributed by atoms with Crippen LogP contribution in [-0.4, -0.2) is 6.54 Å². The second-order valence-corrected chi connectivity index (χ2v) is 6.32. The van der Waals surface area contributed by atoms with Crippen LogP contribution in [0.3, 0.4) is 0 Å². The Balaban J connectivity index is 2.02. The Morgan fingerprint density at radius 1 is 1.05 bits per heavy atom. The fourth-order valence-electron chi connectivity index (χ4n) is 3.28. The fourth-order valence-corrected chi connectivity index (χ4v) is 3.67. The summed E-state index contributed by atoms with van der Waals surface area (Å²) in [6, 6.07) is 14.4. The molecule has 3 rings (SSSR count). The van der Waals surface area contributed by atoms with Crippen molar-refractivity contribution in [2.45, 2.75) is 24.7 Å². The molecule has 0 aromatic heterocycles. The van der Waals surface area contributed by atoms with E-state index < -0.39 is 0 Å². The van der Waals surface area contributed by atoms with E-state index in [9.17, 15) is 0 Å². The molecule has 1 aliphatic rings. The number of fused-ring (bicyclic) bond motifs is 1. The van der Waals surface area contributed by atoms with Crippen molar-refractivity contribution in [2.24, 2.45) is 5.73 Å². The number of rotatable bonds is 3. The van der Waals surface area contributed by atoms with Gasteiger partial charge < -0.3 is 5.73 Å². The van der Waals surface area contributed by atoms with Crippen molar-refractivity contribution >= 4 is 23.2 Å². The number of hydrogen-bond donors (Lipinski definition) is 1. The summed E-state index contributed by atoms with van der Waals surface area (Å²) in [5, 5.41) is 1.27. The molecule has 3 heteroatoms. The minimum Gasteiger partial charge on any atom is -0.330 e. The van der Waals surface area contributed by atoms with E-state index in [1.807, 2.05) is 18.2 Å². The van der Waals surface area contributed by atoms with E-state index in [2.05, 4.69) is 24.3 Å². The van der Waals surface area contributed by atoms with Crippen LogP contribution in [0.1, 0.15) is 23.1 Å². The Labute approximate surface area is 129 Å². The Morgan fingerprint density at radius 2 is 1.85 bits per heavy atom. The maximum Gasteiger partial charge on any atom is 0.0624 e. The third-order valence-electron chi connectivity index (χ3n) is 4.41. The molecule has 0 bridgehead atoms. The Kier molecular flexibility index (Phi) is 3.76. The number of hydrogen-bond acceptors (Lipinski definition) is 1. The summed E-state index contributed by atoms with van der Waals surface area (Å²) in [6.07, 6.45) is 3.01. The van der Waals surface area contributed by atoms with Crippen LogP contribution in [0, 0.1) is 0 Å². The molecule has 20 heavy (non-hydrogen) atoms. The molecule has 2 aromatic carbocycles. The van der Waals surface area contributed by atoms with Crippen molar-refractivity contribution < 1.29 is 0 Å². The molecule has 0 aliphatic heterocycles. The average Bonchev–Trinajstić information content (AvgIpc) is 2.84.